The highest BCUT2D eigenvalue weighted by Gasteiger charge is 2.02. The molecule has 0 aliphatic carbocycles. The van der Waals surface area contributed by atoms with Crippen LogP contribution < -0.4 is 15.5 Å². The fourth-order valence-electron chi connectivity index (χ4n) is 2.23. The number of benzene rings is 1. The smallest absolute Gasteiger partial charge is 0.191 e. The van der Waals surface area contributed by atoms with Crippen LogP contribution in [-0.4, -0.2) is 38.6 Å². The van der Waals surface area contributed by atoms with E-state index in [1.807, 2.05) is 43.3 Å². The minimum atomic E-state index is -0.207. The zero-order valence-electron chi connectivity index (χ0n) is 14.8. The predicted octanol–water partition coefficient (Wildman–Crippen LogP) is 2.81. The second-order valence-electron chi connectivity index (χ2n) is 5.61. The van der Waals surface area contributed by atoms with Gasteiger partial charge in [-0.15, -0.1) is 24.0 Å². The lowest BCUT2D eigenvalue weighted by Crippen LogP contribution is -2.38. The number of anilines is 1. The molecule has 136 valence electrons. The summed E-state index contributed by atoms with van der Waals surface area (Å²) in [6.07, 6.45) is 0.729. The van der Waals surface area contributed by atoms with Gasteiger partial charge < -0.3 is 15.5 Å². The highest BCUT2D eigenvalue weighted by molar-refractivity contribution is 14.0. The number of nitrogens with zero attached hydrogens (tertiary/aromatic N) is 3. The fraction of sp³-hybridized carbons (Fsp3) is 0.333. The Bertz CT molecular complexity index is 691. The highest BCUT2D eigenvalue weighted by atomic mass is 127. The molecule has 1 heterocycles. The minimum Gasteiger partial charge on any atom is -0.363 e. The Morgan fingerprint density at radius 2 is 1.92 bits per heavy atom. The number of halogens is 2. The van der Waals surface area contributed by atoms with Crippen LogP contribution >= 0.6 is 24.0 Å². The van der Waals surface area contributed by atoms with E-state index in [4.69, 9.17) is 0 Å². The zero-order chi connectivity index (χ0) is 17.4. The van der Waals surface area contributed by atoms with Crippen molar-refractivity contribution in [1.82, 2.24) is 15.6 Å². The SMILES string of the molecule is CN=C(NCCc1cccc(F)c1)NCc1cccc(N(C)C)n1.I. The summed E-state index contributed by atoms with van der Waals surface area (Å²) in [7, 11) is 5.65. The number of nitrogens with one attached hydrogen (secondary N) is 2. The van der Waals surface area contributed by atoms with Gasteiger partial charge in [0.15, 0.2) is 5.96 Å². The third-order valence-corrected chi connectivity index (χ3v) is 3.51. The van der Waals surface area contributed by atoms with Crippen molar-refractivity contribution in [3.8, 4) is 0 Å². The maximum absolute atomic E-state index is 13.2. The zero-order valence-corrected chi connectivity index (χ0v) is 17.1. The molecular weight excluding hydrogens is 432 g/mol. The average molecular weight is 457 g/mol. The summed E-state index contributed by atoms with van der Waals surface area (Å²) in [6.45, 7) is 1.26. The van der Waals surface area contributed by atoms with Crippen LogP contribution in [0.5, 0.6) is 0 Å². The second-order valence-corrected chi connectivity index (χ2v) is 5.61. The lowest BCUT2D eigenvalue weighted by Gasteiger charge is -2.14. The molecule has 1 aromatic heterocycles. The van der Waals surface area contributed by atoms with Gasteiger partial charge in [0.1, 0.15) is 11.6 Å². The van der Waals surface area contributed by atoms with E-state index in [1.165, 1.54) is 6.07 Å². The molecule has 0 saturated heterocycles. The monoisotopic (exact) mass is 457 g/mol. The first-order chi connectivity index (χ1) is 11.6. The largest absolute Gasteiger partial charge is 0.363 e. The summed E-state index contributed by atoms with van der Waals surface area (Å²) in [6, 6.07) is 12.6. The van der Waals surface area contributed by atoms with Gasteiger partial charge >= 0.3 is 0 Å². The molecule has 2 aromatic rings. The molecule has 0 unspecified atom stereocenters. The van der Waals surface area contributed by atoms with Crippen molar-refractivity contribution in [2.24, 2.45) is 4.99 Å². The van der Waals surface area contributed by atoms with Gasteiger partial charge in [-0.3, -0.25) is 4.99 Å². The number of hydrogen-bond donors (Lipinski definition) is 2. The average Bonchev–Trinajstić information content (AvgIpc) is 2.58. The Morgan fingerprint density at radius 1 is 1.16 bits per heavy atom. The van der Waals surface area contributed by atoms with E-state index in [9.17, 15) is 4.39 Å². The number of hydrogen-bond acceptors (Lipinski definition) is 3. The van der Waals surface area contributed by atoms with Crippen LogP contribution in [0.3, 0.4) is 0 Å². The van der Waals surface area contributed by atoms with Crippen molar-refractivity contribution in [3.63, 3.8) is 0 Å². The highest BCUT2D eigenvalue weighted by Crippen LogP contribution is 2.07. The van der Waals surface area contributed by atoms with Gasteiger partial charge in [0.2, 0.25) is 0 Å². The first-order valence-electron chi connectivity index (χ1n) is 7.90. The lowest BCUT2D eigenvalue weighted by atomic mass is 10.1. The van der Waals surface area contributed by atoms with Crippen molar-refractivity contribution < 1.29 is 4.39 Å². The van der Waals surface area contributed by atoms with Crippen LogP contribution in [0, 0.1) is 5.82 Å². The summed E-state index contributed by atoms with van der Waals surface area (Å²) in [4.78, 5) is 10.7. The van der Waals surface area contributed by atoms with E-state index in [2.05, 4.69) is 20.6 Å². The third kappa shape index (κ3) is 7.25. The Balaban J connectivity index is 0.00000312. The summed E-state index contributed by atoms with van der Waals surface area (Å²) in [5, 5.41) is 6.46. The van der Waals surface area contributed by atoms with E-state index >= 15 is 0 Å². The standard InChI is InChI=1S/C18H24FN5.HI/c1-20-18(21-11-10-14-6-4-7-15(19)12-14)22-13-16-8-5-9-17(23-16)24(2)3;/h4-9,12H,10-11,13H2,1-3H3,(H2,20,21,22);1H. The van der Waals surface area contributed by atoms with Crippen LogP contribution in [-0.2, 0) is 13.0 Å². The Hall–Kier alpha value is -1.90. The Kier molecular flexibility index (Phi) is 9.18. The summed E-state index contributed by atoms with van der Waals surface area (Å²) in [5.74, 6) is 1.41. The molecule has 2 rings (SSSR count). The van der Waals surface area contributed by atoms with Crippen molar-refractivity contribution in [3.05, 3.63) is 59.5 Å². The lowest BCUT2D eigenvalue weighted by molar-refractivity contribution is 0.625. The Morgan fingerprint density at radius 3 is 2.60 bits per heavy atom. The first kappa shape index (κ1) is 21.1. The van der Waals surface area contributed by atoms with Gasteiger partial charge in [-0.2, -0.15) is 0 Å². The summed E-state index contributed by atoms with van der Waals surface area (Å²) < 4.78 is 13.2. The molecule has 0 radical (unpaired) electrons. The van der Waals surface area contributed by atoms with Crippen LogP contribution in [0.4, 0.5) is 10.2 Å². The molecular formula is C18H25FIN5. The molecule has 0 aliphatic rings. The molecule has 2 N–H and O–H groups in total. The molecule has 0 saturated carbocycles. The Labute approximate surface area is 165 Å². The van der Waals surface area contributed by atoms with Crippen LogP contribution in [0.25, 0.3) is 0 Å². The fourth-order valence-corrected chi connectivity index (χ4v) is 2.23. The second kappa shape index (κ2) is 10.9. The van der Waals surface area contributed by atoms with Crippen molar-refractivity contribution >= 4 is 35.8 Å². The summed E-state index contributed by atoms with van der Waals surface area (Å²) in [5.41, 5.74) is 1.90. The van der Waals surface area contributed by atoms with E-state index in [0.717, 1.165) is 23.5 Å². The molecule has 0 spiro atoms. The third-order valence-electron chi connectivity index (χ3n) is 3.51. The van der Waals surface area contributed by atoms with Crippen molar-refractivity contribution in [1.29, 1.82) is 0 Å². The van der Waals surface area contributed by atoms with Gasteiger partial charge in [0.25, 0.3) is 0 Å². The first-order valence-corrected chi connectivity index (χ1v) is 7.90. The van der Waals surface area contributed by atoms with Gasteiger partial charge in [0, 0.05) is 27.7 Å². The van der Waals surface area contributed by atoms with E-state index in [-0.39, 0.29) is 29.8 Å². The van der Waals surface area contributed by atoms with E-state index in [1.54, 1.807) is 19.2 Å². The van der Waals surface area contributed by atoms with Crippen molar-refractivity contribution in [2.45, 2.75) is 13.0 Å². The van der Waals surface area contributed by atoms with Gasteiger partial charge in [0.05, 0.1) is 12.2 Å². The van der Waals surface area contributed by atoms with Crippen LogP contribution in [0.1, 0.15) is 11.3 Å². The van der Waals surface area contributed by atoms with Crippen molar-refractivity contribution in [2.75, 3.05) is 32.6 Å². The maximum Gasteiger partial charge on any atom is 0.191 e. The topological polar surface area (TPSA) is 52.6 Å². The quantitative estimate of drug-likeness (QED) is 0.398. The minimum absolute atomic E-state index is 0. The molecule has 0 fully saturated rings. The van der Waals surface area contributed by atoms with Crippen LogP contribution in [0.15, 0.2) is 47.5 Å². The normalized spacial score (nSPS) is 10.8. The van der Waals surface area contributed by atoms with Gasteiger partial charge in [-0.25, -0.2) is 9.37 Å². The number of pyridine rings is 1. The molecule has 1 aromatic carbocycles. The van der Waals surface area contributed by atoms with Crippen LogP contribution in [0.2, 0.25) is 0 Å². The molecule has 0 bridgehead atoms. The van der Waals surface area contributed by atoms with Gasteiger partial charge in [-0.05, 0) is 36.2 Å². The number of guanidine groups is 1. The number of aromatic nitrogens is 1. The molecule has 0 aliphatic heterocycles. The molecule has 25 heavy (non-hydrogen) atoms. The van der Waals surface area contributed by atoms with E-state index in [0.29, 0.717) is 19.0 Å². The van der Waals surface area contributed by atoms with E-state index < -0.39 is 0 Å². The molecule has 7 heteroatoms. The summed E-state index contributed by atoms with van der Waals surface area (Å²) >= 11 is 0. The number of aliphatic imine (C=N–C) groups is 1. The molecule has 0 atom stereocenters. The van der Waals surface area contributed by atoms with Gasteiger partial charge in [-0.1, -0.05) is 18.2 Å². The predicted molar refractivity (Wildman–Crippen MR) is 112 cm³/mol. The molecule has 0 amide bonds. The number of rotatable bonds is 6. The maximum atomic E-state index is 13.2. The molecule has 5 nitrogen and oxygen atoms in total.